The second-order valence-electron chi connectivity index (χ2n) is 6.17. The number of halogens is 2. The fourth-order valence-corrected chi connectivity index (χ4v) is 3.62. The van der Waals surface area contributed by atoms with Gasteiger partial charge in [0.25, 0.3) is 0 Å². The summed E-state index contributed by atoms with van der Waals surface area (Å²) in [6.07, 6.45) is 2.67. The number of nitrogens with zero attached hydrogens (tertiary/aromatic N) is 1. The Morgan fingerprint density at radius 3 is 2.65 bits per heavy atom. The number of methoxy groups -OCH3 is 1. The number of rotatable bonds is 4. The van der Waals surface area contributed by atoms with E-state index in [1.165, 1.54) is 38.0 Å². The fourth-order valence-electron chi connectivity index (χ4n) is 3.62. The van der Waals surface area contributed by atoms with E-state index in [1.54, 1.807) is 7.11 Å². The third-order valence-corrected chi connectivity index (χ3v) is 4.74. The molecule has 2 aliphatic rings. The van der Waals surface area contributed by atoms with Crippen LogP contribution < -0.4 is 15.4 Å². The van der Waals surface area contributed by atoms with Gasteiger partial charge in [0.1, 0.15) is 5.75 Å². The molecular weight excluding hydrogens is 333 g/mol. The van der Waals surface area contributed by atoms with Crippen LogP contribution in [0.3, 0.4) is 0 Å². The van der Waals surface area contributed by atoms with E-state index in [0.717, 1.165) is 31.3 Å². The summed E-state index contributed by atoms with van der Waals surface area (Å²) in [6.45, 7) is 6.78. The number of piperidine rings is 1. The maximum Gasteiger partial charge on any atom is 0.123 e. The molecule has 2 saturated heterocycles. The summed E-state index contributed by atoms with van der Waals surface area (Å²) in [5, 5.41) is 7.07. The van der Waals surface area contributed by atoms with Crippen molar-refractivity contribution in [2.75, 3.05) is 46.4 Å². The topological polar surface area (TPSA) is 36.5 Å². The van der Waals surface area contributed by atoms with E-state index < -0.39 is 0 Å². The molecule has 23 heavy (non-hydrogen) atoms. The normalized spacial score (nSPS) is 25.1. The highest BCUT2D eigenvalue weighted by Crippen LogP contribution is 2.31. The Bertz CT molecular complexity index is 455. The molecule has 0 spiro atoms. The van der Waals surface area contributed by atoms with Gasteiger partial charge < -0.3 is 15.4 Å². The van der Waals surface area contributed by atoms with Crippen LogP contribution in [0.2, 0.25) is 0 Å². The van der Waals surface area contributed by atoms with Crippen LogP contribution in [-0.2, 0) is 0 Å². The van der Waals surface area contributed by atoms with Crippen molar-refractivity contribution < 1.29 is 4.74 Å². The van der Waals surface area contributed by atoms with Crippen molar-refractivity contribution in [1.29, 1.82) is 0 Å². The van der Waals surface area contributed by atoms with Gasteiger partial charge in [-0.15, -0.1) is 24.8 Å². The van der Waals surface area contributed by atoms with Gasteiger partial charge in [-0.05, 0) is 37.9 Å². The Morgan fingerprint density at radius 2 is 1.91 bits per heavy atom. The van der Waals surface area contributed by atoms with Crippen molar-refractivity contribution in [3.05, 3.63) is 29.8 Å². The summed E-state index contributed by atoms with van der Waals surface area (Å²) in [5.41, 5.74) is 1.32. The quantitative estimate of drug-likeness (QED) is 0.863. The predicted molar refractivity (Wildman–Crippen MR) is 100 cm³/mol. The highest BCUT2D eigenvalue weighted by Gasteiger charge is 2.28. The number of para-hydroxylation sites is 1. The summed E-state index contributed by atoms with van der Waals surface area (Å²) in [6, 6.07) is 8.88. The van der Waals surface area contributed by atoms with Crippen LogP contribution in [0, 0.1) is 5.92 Å². The zero-order chi connectivity index (χ0) is 14.5. The first kappa shape index (κ1) is 20.5. The number of hydrogen-bond acceptors (Lipinski definition) is 4. The standard InChI is InChI=1S/C17H27N3O.2ClH/c1-21-17-7-3-2-6-15(17)16-12-19-9-10-20(16)13-14-5-4-8-18-11-14;;/h2-3,6-7,14,16,18-19H,4-5,8-13H2,1H3;2*1H. The molecule has 2 fully saturated rings. The molecule has 1 aromatic carbocycles. The minimum Gasteiger partial charge on any atom is -0.496 e. The Kier molecular flexibility index (Phi) is 9.25. The minimum absolute atomic E-state index is 0. The van der Waals surface area contributed by atoms with E-state index in [9.17, 15) is 0 Å². The van der Waals surface area contributed by atoms with Gasteiger partial charge >= 0.3 is 0 Å². The van der Waals surface area contributed by atoms with E-state index in [1.807, 2.05) is 6.07 Å². The van der Waals surface area contributed by atoms with Gasteiger partial charge in [-0.1, -0.05) is 18.2 Å². The molecule has 1 aromatic rings. The molecule has 2 atom stereocenters. The second kappa shape index (κ2) is 10.4. The van der Waals surface area contributed by atoms with Crippen molar-refractivity contribution >= 4 is 24.8 Å². The lowest BCUT2D eigenvalue weighted by Gasteiger charge is -2.39. The second-order valence-corrected chi connectivity index (χ2v) is 6.17. The lowest BCUT2D eigenvalue weighted by Crippen LogP contribution is -2.49. The first-order valence-electron chi connectivity index (χ1n) is 8.17. The maximum absolute atomic E-state index is 5.57. The molecule has 0 bridgehead atoms. The third kappa shape index (κ3) is 5.23. The first-order chi connectivity index (χ1) is 10.4. The van der Waals surface area contributed by atoms with E-state index in [0.29, 0.717) is 6.04 Å². The van der Waals surface area contributed by atoms with E-state index in [4.69, 9.17) is 4.74 Å². The summed E-state index contributed by atoms with van der Waals surface area (Å²) in [4.78, 5) is 2.64. The number of hydrogen-bond donors (Lipinski definition) is 2. The lowest BCUT2D eigenvalue weighted by atomic mass is 9.96. The molecule has 3 rings (SSSR count). The molecule has 2 N–H and O–H groups in total. The van der Waals surface area contributed by atoms with Crippen LogP contribution in [-0.4, -0.2) is 51.3 Å². The van der Waals surface area contributed by atoms with Gasteiger partial charge in [0, 0.05) is 31.7 Å². The number of benzene rings is 1. The number of piperazine rings is 1. The first-order valence-corrected chi connectivity index (χ1v) is 8.17. The SMILES string of the molecule is COc1ccccc1C1CNCCN1CC1CCCNC1.Cl.Cl. The van der Waals surface area contributed by atoms with Crippen molar-refractivity contribution in [1.82, 2.24) is 15.5 Å². The van der Waals surface area contributed by atoms with E-state index in [-0.39, 0.29) is 24.8 Å². The molecule has 4 nitrogen and oxygen atoms in total. The molecule has 0 aromatic heterocycles. The summed E-state index contributed by atoms with van der Waals surface area (Å²) < 4.78 is 5.57. The van der Waals surface area contributed by atoms with Crippen molar-refractivity contribution in [2.24, 2.45) is 5.92 Å². The van der Waals surface area contributed by atoms with Gasteiger partial charge in [0.2, 0.25) is 0 Å². The van der Waals surface area contributed by atoms with Crippen molar-refractivity contribution in [3.8, 4) is 5.75 Å². The summed E-state index contributed by atoms with van der Waals surface area (Å²) in [5.74, 6) is 1.80. The van der Waals surface area contributed by atoms with Gasteiger partial charge in [-0.3, -0.25) is 4.90 Å². The monoisotopic (exact) mass is 361 g/mol. The molecule has 2 aliphatic heterocycles. The molecule has 132 valence electrons. The van der Waals surface area contributed by atoms with E-state index in [2.05, 4.69) is 33.7 Å². The Balaban J connectivity index is 0.00000132. The van der Waals surface area contributed by atoms with Gasteiger partial charge in [0.05, 0.1) is 13.2 Å². The maximum atomic E-state index is 5.57. The van der Waals surface area contributed by atoms with Crippen LogP contribution >= 0.6 is 24.8 Å². The Labute approximate surface area is 152 Å². The van der Waals surface area contributed by atoms with Crippen LogP contribution in [0.4, 0.5) is 0 Å². The molecule has 0 aliphatic carbocycles. The fraction of sp³-hybridized carbons (Fsp3) is 0.647. The minimum atomic E-state index is 0. The van der Waals surface area contributed by atoms with E-state index >= 15 is 0 Å². The largest absolute Gasteiger partial charge is 0.496 e. The number of nitrogens with one attached hydrogen (secondary N) is 2. The highest BCUT2D eigenvalue weighted by atomic mass is 35.5. The van der Waals surface area contributed by atoms with Crippen LogP contribution in [0.5, 0.6) is 5.75 Å². The van der Waals surface area contributed by atoms with Gasteiger partial charge in [-0.25, -0.2) is 0 Å². The number of ether oxygens (including phenoxy) is 1. The molecule has 0 amide bonds. The third-order valence-electron chi connectivity index (χ3n) is 4.74. The van der Waals surface area contributed by atoms with Crippen LogP contribution in [0.25, 0.3) is 0 Å². The Hall–Kier alpha value is -0.520. The lowest BCUT2D eigenvalue weighted by molar-refractivity contribution is 0.126. The van der Waals surface area contributed by atoms with Crippen LogP contribution in [0.15, 0.2) is 24.3 Å². The molecule has 2 unspecified atom stereocenters. The highest BCUT2D eigenvalue weighted by molar-refractivity contribution is 5.85. The van der Waals surface area contributed by atoms with Crippen molar-refractivity contribution in [3.63, 3.8) is 0 Å². The van der Waals surface area contributed by atoms with Crippen LogP contribution in [0.1, 0.15) is 24.4 Å². The Morgan fingerprint density at radius 1 is 1.13 bits per heavy atom. The summed E-state index contributed by atoms with van der Waals surface area (Å²) >= 11 is 0. The van der Waals surface area contributed by atoms with Gasteiger partial charge in [-0.2, -0.15) is 0 Å². The van der Waals surface area contributed by atoms with Crippen molar-refractivity contribution in [2.45, 2.75) is 18.9 Å². The molecule has 0 radical (unpaired) electrons. The summed E-state index contributed by atoms with van der Waals surface area (Å²) in [7, 11) is 1.77. The van der Waals surface area contributed by atoms with Gasteiger partial charge in [0.15, 0.2) is 0 Å². The predicted octanol–water partition coefficient (Wildman–Crippen LogP) is 2.48. The average molecular weight is 362 g/mol. The molecule has 0 saturated carbocycles. The molecular formula is C17H29Cl2N3O. The molecule has 6 heteroatoms. The zero-order valence-corrected chi connectivity index (χ0v) is 15.4. The average Bonchev–Trinajstić information content (AvgIpc) is 2.56. The zero-order valence-electron chi connectivity index (χ0n) is 13.8. The smallest absolute Gasteiger partial charge is 0.123 e. The molecule has 2 heterocycles.